The van der Waals surface area contributed by atoms with E-state index < -0.39 is 11.4 Å². The highest BCUT2D eigenvalue weighted by Crippen LogP contribution is 2.49. The summed E-state index contributed by atoms with van der Waals surface area (Å²) in [4.78, 5) is 35.1. The van der Waals surface area contributed by atoms with Gasteiger partial charge in [0.15, 0.2) is 16.5 Å². The van der Waals surface area contributed by atoms with E-state index in [4.69, 9.17) is 4.98 Å². The molecule has 2 aliphatic carbocycles. The minimum Gasteiger partial charge on any atom is -0.352 e. The van der Waals surface area contributed by atoms with E-state index in [1.807, 2.05) is 18.2 Å². The molecule has 1 amide bonds. The van der Waals surface area contributed by atoms with Gasteiger partial charge in [0.1, 0.15) is 5.82 Å². The monoisotopic (exact) mass is 629 g/mol. The molecule has 2 aromatic heterocycles. The van der Waals surface area contributed by atoms with Gasteiger partial charge in [-0.05, 0) is 102 Å². The van der Waals surface area contributed by atoms with Crippen molar-refractivity contribution in [1.82, 2.24) is 24.9 Å². The lowest BCUT2D eigenvalue weighted by molar-refractivity contribution is -0.120. The third-order valence-corrected chi connectivity index (χ3v) is 9.34. The van der Waals surface area contributed by atoms with Gasteiger partial charge in [-0.25, -0.2) is 9.37 Å². The molecule has 0 saturated heterocycles. The van der Waals surface area contributed by atoms with E-state index in [1.165, 1.54) is 59.8 Å². The Kier molecular flexibility index (Phi) is 6.64. The fourth-order valence-corrected chi connectivity index (χ4v) is 7.34. The summed E-state index contributed by atoms with van der Waals surface area (Å²) in [5, 5.41) is 9.07. The molecule has 2 aliphatic rings. The first-order chi connectivity index (χ1) is 17.9. The zero-order chi connectivity index (χ0) is 25.7. The van der Waals surface area contributed by atoms with Crippen molar-refractivity contribution >= 4 is 56.8 Å². The van der Waals surface area contributed by atoms with Gasteiger partial charge in [0.05, 0.1) is 11.3 Å². The van der Waals surface area contributed by atoms with Crippen LogP contribution in [-0.2, 0) is 4.79 Å². The predicted octanol–water partition coefficient (Wildman–Crippen LogP) is 5.08. The number of hydrogen-bond acceptors (Lipinski definition) is 6. The van der Waals surface area contributed by atoms with Crippen molar-refractivity contribution in [1.29, 1.82) is 0 Å². The van der Waals surface area contributed by atoms with Crippen LogP contribution in [0, 0.1) is 27.1 Å². The second kappa shape index (κ2) is 9.94. The highest BCUT2D eigenvalue weighted by atomic mass is 127. The Bertz CT molecular complexity index is 1580. The highest BCUT2D eigenvalue weighted by Gasteiger charge is 2.46. The second-order valence-electron chi connectivity index (χ2n) is 9.85. The van der Waals surface area contributed by atoms with Crippen LogP contribution in [0.1, 0.15) is 32.6 Å². The van der Waals surface area contributed by atoms with Crippen molar-refractivity contribution in [2.75, 3.05) is 5.75 Å². The standard InChI is InChI=1S/C27H25FIN5O2S/c1-2-19-15-3-4-16(11-15)23(19)31-22(35)13-37-27-30-21-10-9-18(29)12-20(21)25-32-26(36)24(33-34(25)27)14-5-7-17(28)8-6-14/h5-10,12,15-16,19,23H,2-4,11,13H2,1H3,(H,31,35). The first kappa shape index (κ1) is 24.7. The van der Waals surface area contributed by atoms with Crippen LogP contribution < -0.4 is 10.9 Å². The summed E-state index contributed by atoms with van der Waals surface area (Å²) in [7, 11) is 0. The molecule has 1 N–H and O–H groups in total. The molecule has 190 valence electrons. The van der Waals surface area contributed by atoms with Crippen LogP contribution in [0.2, 0.25) is 0 Å². The molecule has 4 unspecified atom stereocenters. The Morgan fingerprint density at radius 2 is 1.95 bits per heavy atom. The maximum atomic E-state index is 13.5. The lowest BCUT2D eigenvalue weighted by Crippen LogP contribution is -2.44. The third kappa shape index (κ3) is 4.62. The van der Waals surface area contributed by atoms with Crippen molar-refractivity contribution in [2.24, 2.45) is 17.8 Å². The summed E-state index contributed by atoms with van der Waals surface area (Å²) in [5.74, 6) is 1.64. The van der Waals surface area contributed by atoms with Gasteiger partial charge < -0.3 is 5.32 Å². The van der Waals surface area contributed by atoms with E-state index >= 15 is 0 Å². The average Bonchev–Trinajstić information content (AvgIpc) is 3.49. The predicted molar refractivity (Wildman–Crippen MR) is 150 cm³/mol. The molecule has 2 heterocycles. The van der Waals surface area contributed by atoms with E-state index in [-0.39, 0.29) is 23.4 Å². The van der Waals surface area contributed by atoms with Crippen LogP contribution >= 0.6 is 34.4 Å². The van der Waals surface area contributed by atoms with Crippen molar-refractivity contribution in [3.63, 3.8) is 0 Å². The summed E-state index contributed by atoms with van der Waals surface area (Å²) < 4.78 is 16.0. The molecule has 6 rings (SSSR count). The molecule has 2 saturated carbocycles. The quantitative estimate of drug-likeness (QED) is 0.139. The molecule has 37 heavy (non-hydrogen) atoms. The average molecular weight is 629 g/mol. The van der Waals surface area contributed by atoms with E-state index in [0.29, 0.717) is 39.1 Å². The molecule has 0 spiro atoms. The van der Waals surface area contributed by atoms with Crippen LogP contribution in [-0.4, -0.2) is 37.3 Å². The first-order valence-electron chi connectivity index (χ1n) is 12.5. The number of nitrogens with one attached hydrogen (secondary N) is 1. The fraction of sp³-hybridized carbons (Fsp3) is 0.370. The van der Waals surface area contributed by atoms with Crippen molar-refractivity contribution in [3.05, 3.63) is 62.2 Å². The molecule has 4 atom stereocenters. The summed E-state index contributed by atoms with van der Waals surface area (Å²) in [6, 6.07) is 11.5. The number of carbonyl (C=O) groups excluding carboxylic acids is 1. The molecule has 2 fully saturated rings. The number of aromatic nitrogens is 4. The number of amides is 1. The second-order valence-corrected chi connectivity index (χ2v) is 12.0. The molecule has 10 heteroatoms. The topological polar surface area (TPSA) is 89.2 Å². The van der Waals surface area contributed by atoms with Gasteiger partial charge in [-0.15, -0.1) is 0 Å². The zero-order valence-electron chi connectivity index (χ0n) is 20.2. The number of rotatable bonds is 6. The van der Waals surface area contributed by atoms with Gasteiger partial charge >= 0.3 is 0 Å². The van der Waals surface area contributed by atoms with Gasteiger partial charge in [0.25, 0.3) is 5.56 Å². The van der Waals surface area contributed by atoms with Crippen LogP contribution in [0.3, 0.4) is 0 Å². The van der Waals surface area contributed by atoms with Gasteiger partial charge in [-0.2, -0.15) is 14.6 Å². The van der Waals surface area contributed by atoms with E-state index in [0.717, 1.165) is 15.9 Å². The Hall–Kier alpha value is -2.60. The van der Waals surface area contributed by atoms with Crippen molar-refractivity contribution in [2.45, 2.75) is 43.8 Å². The van der Waals surface area contributed by atoms with E-state index in [1.54, 1.807) is 0 Å². The van der Waals surface area contributed by atoms with Crippen molar-refractivity contribution < 1.29 is 9.18 Å². The van der Waals surface area contributed by atoms with E-state index in [2.05, 4.69) is 44.9 Å². The van der Waals surface area contributed by atoms with Crippen LogP contribution in [0.15, 0.2) is 52.4 Å². The fourth-order valence-electron chi connectivity index (χ4n) is 6.09. The molecule has 0 aliphatic heterocycles. The van der Waals surface area contributed by atoms with Crippen LogP contribution in [0.25, 0.3) is 27.8 Å². The Morgan fingerprint density at radius 1 is 1.16 bits per heavy atom. The maximum absolute atomic E-state index is 13.5. The number of thioether (sulfide) groups is 1. The van der Waals surface area contributed by atoms with Crippen LogP contribution in [0.5, 0.6) is 0 Å². The van der Waals surface area contributed by atoms with Gasteiger partial charge in [-0.3, -0.25) is 9.59 Å². The lowest BCUT2D eigenvalue weighted by atomic mass is 9.83. The van der Waals surface area contributed by atoms with Crippen LogP contribution in [0.4, 0.5) is 4.39 Å². The third-order valence-electron chi connectivity index (χ3n) is 7.74. The molecule has 7 nitrogen and oxygen atoms in total. The normalized spacial score (nSPS) is 22.7. The molecular formula is C27H25FIN5O2S. The van der Waals surface area contributed by atoms with Gasteiger partial charge in [0.2, 0.25) is 5.91 Å². The minimum atomic E-state index is -0.506. The summed E-state index contributed by atoms with van der Waals surface area (Å²) in [6.07, 6.45) is 4.79. The van der Waals surface area contributed by atoms with E-state index in [9.17, 15) is 14.0 Å². The largest absolute Gasteiger partial charge is 0.352 e. The smallest absolute Gasteiger partial charge is 0.300 e. The van der Waals surface area contributed by atoms with Gasteiger partial charge in [-0.1, -0.05) is 25.1 Å². The Balaban J connectivity index is 1.35. The maximum Gasteiger partial charge on any atom is 0.300 e. The molecule has 2 bridgehead atoms. The number of carbonyl (C=O) groups is 1. The summed E-state index contributed by atoms with van der Waals surface area (Å²) >= 11 is 3.48. The Morgan fingerprint density at radius 3 is 2.73 bits per heavy atom. The minimum absolute atomic E-state index is 0.0218. The molecule has 2 aromatic carbocycles. The SMILES string of the molecule is CCC1C2CCC(C2)C1NC(=O)CSc1nc2ccc(I)cc2c2nc(=O)c(-c3ccc(F)cc3)nn12. The summed E-state index contributed by atoms with van der Waals surface area (Å²) in [5.41, 5.74) is 1.11. The number of halogens is 2. The molecule has 4 aromatic rings. The van der Waals surface area contributed by atoms with Gasteiger partial charge in [0, 0.05) is 20.6 Å². The highest BCUT2D eigenvalue weighted by molar-refractivity contribution is 14.1. The number of nitrogens with zero attached hydrogens (tertiary/aromatic N) is 4. The molecular weight excluding hydrogens is 604 g/mol. The first-order valence-corrected chi connectivity index (χ1v) is 14.6. The lowest BCUT2D eigenvalue weighted by Gasteiger charge is -2.31. The summed E-state index contributed by atoms with van der Waals surface area (Å²) in [6.45, 7) is 2.21. The number of fused-ring (bicyclic) bond motifs is 5. The molecule has 0 radical (unpaired) electrons. The van der Waals surface area contributed by atoms with Crippen molar-refractivity contribution in [3.8, 4) is 11.3 Å². The Labute approximate surface area is 230 Å². The zero-order valence-corrected chi connectivity index (χ0v) is 23.1. The number of hydrogen-bond donors (Lipinski definition) is 1. The number of benzene rings is 2.